The Morgan fingerprint density at radius 2 is 2.09 bits per heavy atom. The number of hydrogen-bond acceptors (Lipinski definition) is 5. The van der Waals surface area contributed by atoms with Crippen molar-refractivity contribution >= 4 is 11.7 Å². The molecule has 6 nitrogen and oxygen atoms in total. The van der Waals surface area contributed by atoms with E-state index in [-0.39, 0.29) is 12.0 Å². The molecule has 6 heteroatoms. The Balaban J connectivity index is 1.78. The van der Waals surface area contributed by atoms with Gasteiger partial charge in [-0.15, -0.1) is 0 Å². The third-order valence-electron chi connectivity index (χ3n) is 3.58. The number of hydrogen-bond donors (Lipinski definition) is 1. The molecule has 1 aromatic carbocycles. The normalized spacial score (nSPS) is 18.2. The first-order valence-corrected chi connectivity index (χ1v) is 7.20. The number of carbonyl (C=O) groups excluding carboxylic acids is 1. The van der Waals surface area contributed by atoms with Crippen LogP contribution in [0.25, 0.3) is 0 Å². The van der Waals surface area contributed by atoms with Crippen molar-refractivity contribution in [2.75, 3.05) is 25.4 Å². The van der Waals surface area contributed by atoms with Gasteiger partial charge < -0.3 is 15.4 Å². The zero-order valence-electron chi connectivity index (χ0n) is 12.4. The van der Waals surface area contributed by atoms with Crippen molar-refractivity contribution in [3.8, 4) is 0 Å². The summed E-state index contributed by atoms with van der Waals surface area (Å²) in [6, 6.07) is 11.0. The molecule has 0 spiro atoms. The first-order chi connectivity index (χ1) is 10.6. The van der Waals surface area contributed by atoms with Gasteiger partial charge in [-0.1, -0.05) is 18.2 Å². The summed E-state index contributed by atoms with van der Waals surface area (Å²) in [7, 11) is 0. The van der Waals surface area contributed by atoms with Gasteiger partial charge in [-0.3, -0.25) is 4.79 Å². The van der Waals surface area contributed by atoms with Gasteiger partial charge in [0, 0.05) is 18.2 Å². The SMILES string of the molecule is Cc1nc(N)cc([C@H]2CN(C(=O)c3ccccc3)CCO2)n1. The van der Waals surface area contributed by atoms with Gasteiger partial charge in [0.05, 0.1) is 18.8 Å². The second-order valence-electron chi connectivity index (χ2n) is 5.24. The minimum Gasteiger partial charge on any atom is -0.384 e. The number of aryl methyl sites for hydroxylation is 1. The van der Waals surface area contributed by atoms with Gasteiger partial charge in [-0.05, 0) is 19.1 Å². The highest BCUT2D eigenvalue weighted by Gasteiger charge is 2.27. The van der Waals surface area contributed by atoms with Crippen molar-refractivity contribution in [1.82, 2.24) is 14.9 Å². The fourth-order valence-electron chi connectivity index (χ4n) is 2.56. The van der Waals surface area contributed by atoms with Gasteiger partial charge in [0.2, 0.25) is 0 Å². The molecular weight excluding hydrogens is 280 g/mol. The molecule has 1 fully saturated rings. The Hall–Kier alpha value is -2.47. The lowest BCUT2D eigenvalue weighted by molar-refractivity contribution is -0.0248. The van der Waals surface area contributed by atoms with Crippen LogP contribution in [0.15, 0.2) is 36.4 Å². The molecule has 0 saturated carbocycles. The van der Waals surface area contributed by atoms with Crippen LogP contribution < -0.4 is 5.73 Å². The summed E-state index contributed by atoms with van der Waals surface area (Å²) >= 11 is 0. The van der Waals surface area contributed by atoms with Crippen LogP contribution in [0.4, 0.5) is 5.82 Å². The van der Waals surface area contributed by atoms with Crippen molar-refractivity contribution in [3.63, 3.8) is 0 Å². The van der Waals surface area contributed by atoms with Gasteiger partial charge >= 0.3 is 0 Å². The minimum absolute atomic E-state index is 0.00708. The number of rotatable bonds is 2. The summed E-state index contributed by atoms with van der Waals surface area (Å²) in [6.07, 6.45) is -0.273. The number of nitrogens with zero attached hydrogens (tertiary/aromatic N) is 3. The molecule has 0 bridgehead atoms. The first-order valence-electron chi connectivity index (χ1n) is 7.20. The standard InChI is InChI=1S/C16H18N4O2/c1-11-18-13(9-15(17)19-11)14-10-20(7-8-22-14)16(21)12-5-3-2-4-6-12/h2-6,9,14H,7-8,10H2,1H3,(H2,17,18,19)/t14-/m1/s1. The molecule has 1 aliphatic rings. The molecule has 1 aliphatic heterocycles. The summed E-state index contributed by atoms with van der Waals surface area (Å²) < 4.78 is 5.75. The molecule has 0 radical (unpaired) electrons. The molecule has 2 aromatic rings. The van der Waals surface area contributed by atoms with E-state index < -0.39 is 0 Å². The van der Waals surface area contributed by atoms with E-state index in [0.29, 0.717) is 36.9 Å². The smallest absolute Gasteiger partial charge is 0.254 e. The minimum atomic E-state index is -0.273. The number of carbonyl (C=O) groups is 1. The third-order valence-corrected chi connectivity index (χ3v) is 3.58. The number of nitrogens with two attached hydrogens (primary N) is 1. The highest BCUT2D eigenvalue weighted by atomic mass is 16.5. The molecule has 1 aromatic heterocycles. The topological polar surface area (TPSA) is 81.3 Å². The Morgan fingerprint density at radius 3 is 2.82 bits per heavy atom. The summed E-state index contributed by atoms with van der Waals surface area (Å²) in [5, 5.41) is 0. The number of nitrogen functional groups attached to an aromatic ring is 1. The van der Waals surface area contributed by atoms with Crippen LogP contribution in [0.3, 0.4) is 0 Å². The number of amides is 1. The van der Waals surface area contributed by atoms with E-state index in [9.17, 15) is 4.79 Å². The van der Waals surface area contributed by atoms with Crippen LogP contribution in [0.5, 0.6) is 0 Å². The number of anilines is 1. The maximum atomic E-state index is 12.5. The largest absolute Gasteiger partial charge is 0.384 e. The van der Waals surface area contributed by atoms with Crippen LogP contribution in [0.1, 0.15) is 28.0 Å². The fraction of sp³-hybridized carbons (Fsp3) is 0.312. The molecule has 1 saturated heterocycles. The summed E-state index contributed by atoms with van der Waals surface area (Å²) in [4.78, 5) is 22.7. The van der Waals surface area contributed by atoms with Crippen molar-refractivity contribution in [1.29, 1.82) is 0 Å². The lowest BCUT2D eigenvalue weighted by Crippen LogP contribution is -2.42. The predicted octanol–water partition coefficient (Wildman–Crippen LogP) is 1.58. The molecule has 1 amide bonds. The zero-order valence-corrected chi connectivity index (χ0v) is 12.4. The second-order valence-corrected chi connectivity index (χ2v) is 5.24. The quantitative estimate of drug-likeness (QED) is 0.910. The Bertz CT molecular complexity index is 655. The summed E-state index contributed by atoms with van der Waals surface area (Å²) in [5.41, 5.74) is 7.16. The number of ether oxygens (including phenoxy) is 1. The zero-order chi connectivity index (χ0) is 15.5. The fourth-order valence-corrected chi connectivity index (χ4v) is 2.56. The van der Waals surface area contributed by atoms with Crippen molar-refractivity contribution < 1.29 is 9.53 Å². The van der Waals surface area contributed by atoms with Crippen molar-refractivity contribution in [2.24, 2.45) is 0 Å². The monoisotopic (exact) mass is 298 g/mol. The van der Waals surface area contributed by atoms with Gasteiger partial charge in [0.25, 0.3) is 5.91 Å². The molecule has 1 atom stereocenters. The van der Waals surface area contributed by atoms with Crippen molar-refractivity contribution in [3.05, 3.63) is 53.5 Å². The number of aromatic nitrogens is 2. The lowest BCUT2D eigenvalue weighted by Gasteiger charge is -2.32. The van der Waals surface area contributed by atoms with Gasteiger partial charge in [0.1, 0.15) is 17.7 Å². The Kier molecular flexibility index (Phi) is 4.02. The van der Waals surface area contributed by atoms with E-state index >= 15 is 0 Å². The molecule has 114 valence electrons. The van der Waals surface area contributed by atoms with Gasteiger partial charge in [0.15, 0.2) is 0 Å². The Labute approximate surface area is 128 Å². The highest BCUT2D eigenvalue weighted by molar-refractivity contribution is 5.94. The molecular formula is C16H18N4O2. The van der Waals surface area contributed by atoms with Crippen LogP contribution in [0, 0.1) is 6.92 Å². The number of benzene rings is 1. The van der Waals surface area contributed by atoms with Crippen molar-refractivity contribution in [2.45, 2.75) is 13.0 Å². The maximum Gasteiger partial charge on any atom is 0.254 e. The van der Waals surface area contributed by atoms with Crippen LogP contribution in [0.2, 0.25) is 0 Å². The van der Waals surface area contributed by atoms with E-state index in [0.717, 1.165) is 5.69 Å². The van der Waals surface area contributed by atoms with E-state index in [1.807, 2.05) is 30.3 Å². The van der Waals surface area contributed by atoms with E-state index in [1.54, 1.807) is 17.9 Å². The molecule has 2 heterocycles. The average Bonchev–Trinajstić information content (AvgIpc) is 2.54. The van der Waals surface area contributed by atoms with E-state index in [2.05, 4.69) is 9.97 Å². The van der Waals surface area contributed by atoms with Crippen LogP contribution in [-0.2, 0) is 4.74 Å². The molecule has 3 rings (SSSR count). The third kappa shape index (κ3) is 3.07. The van der Waals surface area contributed by atoms with Gasteiger partial charge in [-0.2, -0.15) is 0 Å². The maximum absolute atomic E-state index is 12.5. The second kappa shape index (κ2) is 6.11. The lowest BCUT2D eigenvalue weighted by atomic mass is 10.1. The number of morpholine rings is 1. The predicted molar refractivity (Wildman–Crippen MR) is 82.2 cm³/mol. The van der Waals surface area contributed by atoms with E-state index in [4.69, 9.17) is 10.5 Å². The average molecular weight is 298 g/mol. The van der Waals surface area contributed by atoms with E-state index in [1.165, 1.54) is 0 Å². The van der Waals surface area contributed by atoms with Crippen LogP contribution in [-0.4, -0.2) is 40.5 Å². The molecule has 0 unspecified atom stereocenters. The summed E-state index contributed by atoms with van der Waals surface area (Å²) in [6.45, 7) is 3.30. The molecule has 22 heavy (non-hydrogen) atoms. The summed E-state index contributed by atoms with van der Waals surface area (Å²) in [5.74, 6) is 1.02. The first kappa shape index (κ1) is 14.5. The van der Waals surface area contributed by atoms with Crippen LogP contribution >= 0.6 is 0 Å². The van der Waals surface area contributed by atoms with Gasteiger partial charge in [-0.25, -0.2) is 9.97 Å². The molecule has 0 aliphatic carbocycles. The Morgan fingerprint density at radius 1 is 1.32 bits per heavy atom. The highest BCUT2D eigenvalue weighted by Crippen LogP contribution is 2.23. The molecule has 2 N–H and O–H groups in total.